The predicted molar refractivity (Wildman–Crippen MR) is 286 cm³/mol. The molecule has 13 aromatic rings. The molecule has 326 valence electrons. The van der Waals surface area contributed by atoms with Gasteiger partial charge in [0.15, 0.2) is 0 Å². The Kier molecular flexibility index (Phi) is 10.0. The summed E-state index contributed by atoms with van der Waals surface area (Å²) in [5.74, 6) is 0. The van der Waals surface area contributed by atoms with Gasteiger partial charge in [-0.15, -0.1) is 0 Å². The Bertz CT molecular complexity index is 3940. The summed E-state index contributed by atoms with van der Waals surface area (Å²) in [6.07, 6.45) is 9.69. The fraction of sp³-hybridized carbons (Fsp3) is 0.0625. The summed E-state index contributed by atoms with van der Waals surface area (Å²) in [5, 5.41) is 6.90. The third-order valence-corrected chi connectivity index (χ3v) is 13.9. The lowest BCUT2D eigenvalue weighted by atomic mass is 9.90. The summed E-state index contributed by atoms with van der Waals surface area (Å²) >= 11 is 0. The molecule has 0 spiro atoms. The van der Waals surface area contributed by atoms with Crippen LogP contribution < -0.4 is 0 Å². The van der Waals surface area contributed by atoms with Crippen molar-refractivity contribution in [3.05, 3.63) is 247 Å². The second-order valence-corrected chi connectivity index (χ2v) is 18.1. The number of hydrogen-bond donors (Lipinski definition) is 0. The van der Waals surface area contributed by atoms with Crippen molar-refractivity contribution in [1.29, 1.82) is 0 Å². The van der Waals surface area contributed by atoms with E-state index in [0.717, 1.165) is 103 Å². The molecule has 0 unspecified atom stereocenters. The van der Waals surface area contributed by atoms with E-state index >= 15 is 0 Å². The Morgan fingerprint density at radius 2 is 0.826 bits per heavy atom. The van der Waals surface area contributed by atoms with Crippen LogP contribution in [0.5, 0.6) is 0 Å². The average Bonchev–Trinajstić information content (AvgIpc) is 3.85. The van der Waals surface area contributed by atoms with Gasteiger partial charge in [0.25, 0.3) is 0 Å². The molecule has 0 saturated carbocycles. The molecule has 0 amide bonds. The fourth-order valence-electron chi connectivity index (χ4n) is 10.5. The lowest BCUT2D eigenvalue weighted by molar-refractivity contribution is 0.923. The minimum Gasteiger partial charge on any atom is -0.291 e. The van der Waals surface area contributed by atoms with Crippen molar-refractivity contribution in [2.45, 2.75) is 25.7 Å². The van der Waals surface area contributed by atoms with E-state index in [4.69, 9.17) is 19.9 Å². The summed E-state index contributed by atoms with van der Waals surface area (Å²) in [5.41, 5.74) is 18.9. The van der Waals surface area contributed by atoms with Gasteiger partial charge in [0.1, 0.15) is 5.65 Å². The molecule has 5 aromatic heterocycles. The second kappa shape index (κ2) is 17.1. The Morgan fingerprint density at radius 3 is 1.43 bits per heavy atom. The molecule has 0 radical (unpaired) electrons. The van der Waals surface area contributed by atoms with Gasteiger partial charge in [-0.3, -0.25) is 19.4 Å². The smallest absolute Gasteiger partial charge is 0.148 e. The number of fused-ring (bicyclic) bond motifs is 13. The van der Waals surface area contributed by atoms with Crippen molar-refractivity contribution >= 4 is 60.0 Å². The number of imidazole rings is 1. The van der Waals surface area contributed by atoms with Crippen molar-refractivity contribution < 1.29 is 0 Å². The summed E-state index contributed by atoms with van der Waals surface area (Å²) in [4.78, 5) is 20.6. The Hall–Kier alpha value is -8.80. The molecule has 5 heterocycles. The maximum absolute atomic E-state index is 5.56. The van der Waals surface area contributed by atoms with Gasteiger partial charge < -0.3 is 0 Å². The normalized spacial score (nSPS) is 11.7. The molecule has 5 heteroatoms. The quantitative estimate of drug-likeness (QED) is 0.128. The summed E-state index contributed by atoms with van der Waals surface area (Å²) in [7, 11) is 0. The van der Waals surface area contributed by atoms with Crippen molar-refractivity contribution in [3.8, 4) is 44.8 Å². The van der Waals surface area contributed by atoms with E-state index in [1.807, 2.05) is 24.5 Å². The summed E-state index contributed by atoms with van der Waals surface area (Å²) < 4.78 is 2.38. The number of hydrogen-bond acceptors (Lipinski definition) is 4. The third-order valence-electron chi connectivity index (χ3n) is 13.9. The number of nitrogens with zero attached hydrogens (tertiary/aromatic N) is 5. The standard InChI is InChI=1S/C64H45N5/c1-3-15-46(16-4-1)58-33-31-42(39-65-58)27-29-44-35-45(30-28-43-32-34-59(66-40-43)47-17-5-2-6-18-47)37-48(36-44)50-19-7-8-20-51(50)49-38-57-61(67-41-49)56-25-13-14-26-60(56)69-63-55-24-12-10-22-53(55)52-21-9-11-23-54(52)62(63)68-64(57)69/h1-26,31-41H,27-30H2. The molecule has 69 heavy (non-hydrogen) atoms. The molecule has 5 nitrogen and oxygen atoms in total. The number of aryl methyl sites for hydroxylation is 4. The highest BCUT2D eigenvalue weighted by Gasteiger charge is 2.20. The molecule has 0 saturated heterocycles. The van der Waals surface area contributed by atoms with Crippen LogP contribution in [0.2, 0.25) is 0 Å². The van der Waals surface area contributed by atoms with E-state index in [2.05, 4.69) is 205 Å². The third kappa shape index (κ3) is 7.36. The zero-order chi connectivity index (χ0) is 45.7. The van der Waals surface area contributed by atoms with Gasteiger partial charge in [0.05, 0.1) is 33.5 Å². The van der Waals surface area contributed by atoms with E-state index in [1.54, 1.807) is 0 Å². The fourth-order valence-corrected chi connectivity index (χ4v) is 10.5. The highest BCUT2D eigenvalue weighted by Crippen LogP contribution is 2.41. The highest BCUT2D eigenvalue weighted by molar-refractivity contribution is 6.26. The number of benzene rings is 8. The van der Waals surface area contributed by atoms with Gasteiger partial charge in [-0.1, -0.05) is 182 Å². The Labute approximate surface area is 400 Å². The molecule has 8 aromatic carbocycles. The second-order valence-electron chi connectivity index (χ2n) is 18.1. The lowest BCUT2D eigenvalue weighted by Gasteiger charge is -2.15. The van der Waals surface area contributed by atoms with Crippen LogP contribution in [0.1, 0.15) is 22.3 Å². The average molecular weight is 884 g/mol. The molecule has 0 bridgehead atoms. The number of aromatic nitrogens is 5. The van der Waals surface area contributed by atoms with Gasteiger partial charge in [-0.2, -0.15) is 0 Å². The summed E-state index contributed by atoms with van der Waals surface area (Å²) in [6, 6.07) is 73.9. The van der Waals surface area contributed by atoms with Crippen LogP contribution in [0.3, 0.4) is 0 Å². The van der Waals surface area contributed by atoms with E-state index in [0.29, 0.717) is 0 Å². The minimum absolute atomic E-state index is 0.888. The first-order chi connectivity index (χ1) is 34.2. The maximum atomic E-state index is 5.56. The van der Waals surface area contributed by atoms with Crippen LogP contribution in [0, 0.1) is 0 Å². The van der Waals surface area contributed by atoms with Gasteiger partial charge in [0.2, 0.25) is 0 Å². The molecular formula is C64H45N5. The van der Waals surface area contributed by atoms with Crippen LogP contribution in [0.15, 0.2) is 225 Å². The van der Waals surface area contributed by atoms with E-state index < -0.39 is 0 Å². The Morgan fingerprint density at radius 1 is 0.319 bits per heavy atom. The van der Waals surface area contributed by atoms with Gasteiger partial charge >= 0.3 is 0 Å². The molecule has 0 aliphatic carbocycles. The molecule has 0 N–H and O–H groups in total. The SMILES string of the molecule is c1ccc(-c2ccc(CCc3cc(CCc4ccc(-c5ccccc5)nc4)cc(-c4ccccc4-c4cnc5c6ccccc6n6c(nc7c8ccccc8c8ccccc8c76)c5c4)c3)cn2)cc1. The predicted octanol–water partition coefficient (Wildman–Crippen LogP) is 15.5. The molecule has 0 aliphatic heterocycles. The topological polar surface area (TPSA) is 56.0 Å². The first-order valence-corrected chi connectivity index (χ1v) is 23.9. The molecular weight excluding hydrogens is 839 g/mol. The van der Waals surface area contributed by atoms with Gasteiger partial charge in [0, 0.05) is 56.8 Å². The van der Waals surface area contributed by atoms with Crippen LogP contribution in [-0.4, -0.2) is 24.3 Å². The van der Waals surface area contributed by atoms with E-state index in [9.17, 15) is 0 Å². The molecule has 0 fully saturated rings. The zero-order valence-corrected chi connectivity index (χ0v) is 37.9. The van der Waals surface area contributed by atoms with Crippen molar-refractivity contribution in [1.82, 2.24) is 24.3 Å². The van der Waals surface area contributed by atoms with Crippen LogP contribution >= 0.6 is 0 Å². The van der Waals surface area contributed by atoms with E-state index in [-0.39, 0.29) is 0 Å². The van der Waals surface area contributed by atoms with Gasteiger partial charge in [-0.25, -0.2) is 4.98 Å². The number of pyridine rings is 4. The van der Waals surface area contributed by atoms with Crippen molar-refractivity contribution in [2.24, 2.45) is 0 Å². The monoisotopic (exact) mass is 883 g/mol. The van der Waals surface area contributed by atoms with Crippen molar-refractivity contribution in [2.75, 3.05) is 0 Å². The van der Waals surface area contributed by atoms with Crippen LogP contribution in [0.25, 0.3) is 105 Å². The van der Waals surface area contributed by atoms with E-state index in [1.165, 1.54) is 49.5 Å². The lowest BCUT2D eigenvalue weighted by Crippen LogP contribution is -1.99. The number of rotatable bonds is 10. The van der Waals surface area contributed by atoms with Crippen molar-refractivity contribution in [3.63, 3.8) is 0 Å². The molecule has 0 aliphatic rings. The summed E-state index contributed by atoms with van der Waals surface area (Å²) in [6.45, 7) is 0. The van der Waals surface area contributed by atoms with Crippen LogP contribution in [-0.2, 0) is 25.7 Å². The highest BCUT2D eigenvalue weighted by atomic mass is 15.0. The number of para-hydroxylation sites is 1. The maximum Gasteiger partial charge on any atom is 0.148 e. The molecule has 0 atom stereocenters. The largest absolute Gasteiger partial charge is 0.291 e. The zero-order valence-electron chi connectivity index (χ0n) is 37.9. The Balaban J connectivity index is 0.917. The van der Waals surface area contributed by atoms with Crippen LogP contribution in [0.4, 0.5) is 0 Å². The molecule has 13 rings (SSSR count). The first kappa shape index (κ1) is 40.5. The minimum atomic E-state index is 0.888. The first-order valence-electron chi connectivity index (χ1n) is 23.9. The van der Waals surface area contributed by atoms with Gasteiger partial charge in [-0.05, 0) is 99.7 Å².